The van der Waals surface area contributed by atoms with Crippen molar-refractivity contribution in [2.45, 2.75) is 6.04 Å². The molecule has 0 saturated carbocycles. The van der Waals surface area contributed by atoms with Gasteiger partial charge in [0.2, 0.25) is 0 Å². The number of benzene rings is 1. The zero-order chi connectivity index (χ0) is 13.8. The van der Waals surface area contributed by atoms with Crippen LogP contribution in [0.3, 0.4) is 0 Å². The molecule has 0 aliphatic rings. The second-order valence-corrected chi connectivity index (χ2v) is 4.07. The summed E-state index contributed by atoms with van der Waals surface area (Å²) < 4.78 is 4.77. The van der Waals surface area contributed by atoms with E-state index in [1.807, 2.05) is 12.1 Å². The topological polar surface area (TPSA) is 91.4 Å². The maximum Gasteiger partial charge on any atom is 0.328 e. The Labute approximate surface area is 109 Å². The number of methoxy groups -OCH3 is 1. The van der Waals surface area contributed by atoms with Crippen LogP contribution < -0.4 is 5.32 Å². The molecule has 0 spiro atoms. The summed E-state index contributed by atoms with van der Waals surface area (Å²) in [6, 6.07) is 6.03. The van der Waals surface area contributed by atoms with Gasteiger partial charge in [-0.05, 0) is 12.1 Å². The lowest BCUT2D eigenvalue weighted by molar-refractivity contribution is -0.140. The average molecular weight is 262 g/mol. The first-order chi connectivity index (χ1) is 9.13. The van der Waals surface area contributed by atoms with Crippen molar-refractivity contribution >= 4 is 22.8 Å². The van der Waals surface area contributed by atoms with Gasteiger partial charge < -0.3 is 20.1 Å². The summed E-state index contributed by atoms with van der Waals surface area (Å²) >= 11 is 0. The Bertz CT molecular complexity index is 605. The second kappa shape index (κ2) is 5.53. The third-order valence-electron chi connectivity index (χ3n) is 2.77. The number of ether oxygens (including phenoxy) is 1. The number of carbonyl (C=O) groups excluding carboxylic acids is 1. The summed E-state index contributed by atoms with van der Waals surface area (Å²) in [6.45, 7) is -0.0816. The van der Waals surface area contributed by atoms with Crippen molar-refractivity contribution < 1.29 is 19.4 Å². The van der Waals surface area contributed by atoms with Crippen LogP contribution in [-0.4, -0.2) is 41.7 Å². The number of aromatic nitrogens is 1. The van der Waals surface area contributed by atoms with Crippen molar-refractivity contribution in [1.29, 1.82) is 0 Å². The van der Waals surface area contributed by atoms with E-state index >= 15 is 0 Å². The molecule has 0 bridgehead atoms. The van der Waals surface area contributed by atoms with Gasteiger partial charge in [0.15, 0.2) is 6.04 Å². The third-order valence-corrected chi connectivity index (χ3v) is 2.77. The lowest BCUT2D eigenvalue weighted by Crippen LogP contribution is -2.43. The van der Waals surface area contributed by atoms with Crippen molar-refractivity contribution in [3.8, 4) is 0 Å². The molecule has 1 amide bonds. The fourth-order valence-corrected chi connectivity index (χ4v) is 1.85. The van der Waals surface area contributed by atoms with Crippen molar-refractivity contribution in [3.05, 3.63) is 36.0 Å². The molecule has 1 heterocycles. The van der Waals surface area contributed by atoms with Crippen LogP contribution in [0.5, 0.6) is 0 Å². The molecule has 6 nitrogen and oxygen atoms in total. The minimum Gasteiger partial charge on any atom is -0.480 e. The highest BCUT2D eigenvalue weighted by Crippen LogP contribution is 2.16. The Morgan fingerprint density at radius 3 is 2.89 bits per heavy atom. The van der Waals surface area contributed by atoms with Crippen LogP contribution in [0.15, 0.2) is 30.5 Å². The Kier molecular flexibility index (Phi) is 3.82. The zero-order valence-corrected chi connectivity index (χ0v) is 10.3. The fourth-order valence-electron chi connectivity index (χ4n) is 1.85. The number of aliphatic carboxylic acids is 1. The minimum atomic E-state index is -1.13. The number of amides is 1. The van der Waals surface area contributed by atoms with Gasteiger partial charge in [0.25, 0.3) is 5.91 Å². The van der Waals surface area contributed by atoms with Gasteiger partial charge in [-0.1, -0.05) is 12.1 Å². The number of para-hydroxylation sites is 1. The van der Waals surface area contributed by atoms with Crippen molar-refractivity contribution in [2.24, 2.45) is 0 Å². The van der Waals surface area contributed by atoms with E-state index in [9.17, 15) is 9.59 Å². The van der Waals surface area contributed by atoms with Crippen LogP contribution in [0.25, 0.3) is 10.9 Å². The fraction of sp³-hybridized carbons (Fsp3) is 0.231. The largest absolute Gasteiger partial charge is 0.480 e. The van der Waals surface area contributed by atoms with Gasteiger partial charge in [-0.3, -0.25) is 4.79 Å². The predicted octanol–water partition coefficient (Wildman–Crippen LogP) is 0.997. The number of carboxylic acid groups (broad SMARTS) is 1. The summed E-state index contributed by atoms with van der Waals surface area (Å²) in [7, 11) is 1.38. The van der Waals surface area contributed by atoms with E-state index in [4.69, 9.17) is 9.84 Å². The molecule has 1 unspecified atom stereocenters. The number of hydrogen-bond acceptors (Lipinski definition) is 3. The summed E-state index contributed by atoms with van der Waals surface area (Å²) in [4.78, 5) is 26.0. The maximum absolute atomic E-state index is 12.1. The highest BCUT2D eigenvalue weighted by Gasteiger charge is 2.21. The lowest BCUT2D eigenvalue weighted by Gasteiger charge is -2.13. The lowest BCUT2D eigenvalue weighted by atomic mass is 10.1. The molecule has 0 radical (unpaired) electrons. The maximum atomic E-state index is 12.1. The first-order valence-electron chi connectivity index (χ1n) is 5.72. The van der Waals surface area contributed by atoms with Crippen LogP contribution in [0.1, 0.15) is 10.4 Å². The van der Waals surface area contributed by atoms with Gasteiger partial charge in [0.1, 0.15) is 0 Å². The van der Waals surface area contributed by atoms with Crippen LogP contribution in [0.2, 0.25) is 0 Å². The minimum absolute atomic E-state index is 0.0816. The summed E-state index contributed by atoms with van der Waals surface area (Å²) in [5.74, 6) is -1.58. The molecule has 0 aliphatic heterocycles. The molecule has 6 heteroatoms. The van der Waals surface area contributed by atoms with E-state index in [0.717, 1.165) is 5.39 Å². The number of fused-ring (bicyclic) bond motifs is 1. The van der Waals surface area contributed by atoms with Gasteiger partial charge >= 0.3 is 5.97 Å². The molecular weight excluding hydrogens is 248 g/mol. The molecule has 1 aromatic heterocycles. The Hall–Kier alpha value is -2.34. The first kappa shape index (κ1) is 13.1. The molecule has 0 saturated heterocycles. The second-order valence-electron chi connectivity index (χ2n) is 4.07. The number of H-pyrrole nitrogens is 1. The Morgan fingerprint density at radius 2 is 2.21 bits per heavy atom. The summed E-state index contributed by atoms with van der Waals surface area (Å²) in [5, 5.41) is 12.3. The predicted molar refractivity (Wildman–Crippen MR) is 69.1 cm³/mol. The molecule has 2 rings (SSSR count). The zero-order valence-electron chi connectivity index (χ0n) is 10.3. The van der Waals surface area contributed by atoms with E-state index < -0.39 is 17.9 Å². The molecule has 1 atom stereocenters. The number of carbonyl (C=O) groups is 2. The van der Waals surface area contributed by atoms with Crippen LogP contribution in [0, 0.1) is 0 Å². The van der Waals surface area contributed by atoms with Gasteiger partial charge in [0, 0.05) is 18.7 Å². The molecule has 19 heavy (non-hydrogen) atoms. The smallest absolute Gasteiger partial charge is 0.328 e. The van der Waals surface area contributed by atoms with Crippen LogP contribution >= 0.6 is 0 Å². The molecule has 100 valence electrons. The summed E-state index contributed by atoms with van der Waals surface area (Å²) in [5.41, 5.74) is 1.09. The van der Waals surface area contributed by atoms with Crippen molar-refractivity contribution in [3.63, 3.8) is 0 Å². The number of rotatable bonds is 5. The van der Waals surface area contributed by atoms with E-state index in [-0.39, 0.29) is 6.61 Å². The van der Waals surface area contributed by atoms with Gasteiger partial charge in [-0.15, -0.1) is 0 Å². The van der Waals surface area contributed by atoms with E-state index in [1.54, 1.807) is 18.3 Å². The van der Waals surface area contributed by atoms with Crippen molar-refractivity contribution in [2.75, 3.05) is 13.7 Å². The Balaban J connectivity index is 2.24. The standard InChI is InChI=1S/C13H14N2O4/c1-19-7-10(13(17)18)15-12(16)9-4-2-3-8-5-6-14-11(8)9/h2-6,10,14H,7H2,1H3,(H,15,16)(H,17,18). The SMILES string of the molecule is COCC(NC(=O)c1cccc2cc[nH]c12)C(=O)O. The van der Waals surface area contributed by atoms with Crippen LogP contribution in [-0.2, 0) is 9.53 Å². The van der Waals surface area contributed by atoms with Crippen molar-refractivity contribution in [1.82, 2.24) is 10.3 Å². The average Bonchev–Trinajstić information content (AvgIpc) is 2.85. The molecule has 0 fully saturated rings. The monoisotopic (exact) mass is 262 g/mol. The number of carboxylic acids is 1. The van der Waals surface area contributed by atoms with Gasteiger partial charge in [0.05, 0.1) is 17.7 Å². The highest BCUT2D eigenvalue weighted by atomic mass is 16.5. The summed E-state index contributed by atoms with van der Waals surface area (Å²) in [6.07, 6.45) is 1.73. The molecule has 1 aromatic carbocycles. The van der Waals surface area contributed by atoms with E-state index in [1.165, 1.54) is 7.11 Å². The number of aromatic amines is 1. The van der Waals surface area contributed by atoms with Crippen LogP contribution in [0.4, 0.5) is 0 Å². The molecular formula is C13H14N2O4. The molecule has 0 aliphatic carbocycles. The number of nitrogens with one attached hydrogen (secondary N) is 2. The highest BCUT2D eigenvalue weighted by molar-refractivity contribution is 6.06. The van der Waals surface area contributed by atoms with Gasteiger partial charge in [-0.25, -0.2) is 4.79 Å². The van der Waals surface area contributed by atoms with E-state index in [0.29, 0.717) is 11.1 Å². The molecule has 3 N–H and O–H groups in total. The van der Waals surface area contributed by atoms with E-state index in [2.05, 4.69) is 10.3 Å². The third kappa shape index (κ3) is 2.74. The van der Waals surface area contributed by atoms with Gasteiger partial charge in [-0.2, -0.15) is 0 Å². The quantitative estimate of drug-likeness (QED) is 0.749. The Morgan fingerprint density at radius 1 is 1.42 bits per heavy atom. The first-order valence-corrected chi connectivity index (χ1v) is 5.72. The number of hydrogen-bond donors (Lipinski definition) is 3. The normalized spacial score (nSPS) is 12.3. The molecule has 2 aromatic rings.